The van der Waals surface area contributed by atoms with Crippen molar-refractivity contribution in [2.75, 3.05) is 5.43 Å². The fraction of sp³-hybridized carbons (Fsp3) is 0. The van der Waals surface area contributed by atoms with E-state index in [1.54, 1.807) is 6.07 Å². The molecule has 0 aliphatic carbocycles. The number of hydrogen-bond donors (Lipinski definition) is 2. The van der Waals surface area contributed by atoms with Crippen LogP contribution in [0, 0.1) is 0 Å². The number of rotatable bonds is 2. The summed E-state index contributed by atoms with van der Waals surface area (Å²) < 4.78 is 0. The summed E-state index contributed by atoms with van der Waals surface area (Å²) in [4.78, 5) is 0. The second kappa shape index (κ2) is 3.83. The van der Waals surface area contributed by atoms with E-state index in [1.165, 1.54) is 6.34 Å². The van der Waals surface area contributed by atoms with Gasteiger partial charge in [0.25, 0.3) is 0 Å². The number of nitrogens with one attached hydrogen (secondary N) is 1. The number of hydrogen-bond acceptors (Lipinski definition) is 2. The monoisotopic (exact) mass is 169 g/mol. The molecule has 4 heteroatoms. The molecule has 0 radical (unpaired) electrons. The number of anilines is 1. The summed E-state index contributed by atoms with van der Waals surface area (Å²) in [6.45, 7) is 0. The van der Waals surface area contributed by atoms with Gasteiger partial charge in [-0.2, -0.15) is 5.10 Å². The van der Waals surface area contributed by atoms with E-state index in [9.17, 15) is 0 Å². The molecule has 0 unspecified atom stereocenters. The summed E-state index contributed by atoms with van der Waals surface area (Å²) in [5.74, 6) is 0. The first-order valence-corrected chi connectivity index (χ1v) is 3.46. The zero-order valence-corrected chi connectivity index (χ0v) is 6.55. The third-order valence-corrected chi connectivity index (χ3v) is 1.46. The normalized spacial score (nSPS) is 10.3. The van der Waals surface area contributed by atoms with Crippen LogP contribution >= 0.6 is 11.6 Å². The predicted molar refractivity (Wildman–Crippen MR) is 47.8 cm³/mol. The van der Waals surface area contributed by atoms with Crippen molar-refractivity contribution >= 4 is 23.6 Å². The van der Waals surface area contributed by atoms with Crippen molar-refractivity contribution < 1.29 is 0 Å². The number of nitrogens with zero attached hydrogens (tertiary/aromatic N) is 1. The van der Waals surface area contributed by atoms with Crippen LogP contribution in [-0.4, -0.2) is 6.34 Å². The van der Waals surface area contributed by atoms with E-state index in [-0.39, 0.29) is 0 Å². The lowest BCUT2D eigenvalue weighted by Gasteiger charge is -2.00. The van der Waals surface area contributed by atoms with Gasteiger partial charge in [0.1, 0.15) is 6.34 Å². The highest BCUT2D eigenvalue weighted by molar-refractivity contribution is 6.33. The molecule has 0 bridgehead atoms. The average Bonchev–Trinajstić information content (AvgIpc) is 2.03. The Morgan fingerprint density at radius 2 is 2.18 bits per heavy atom. The Morgan fingerprint density at radius 1 is 1.45 bits per heavy atom. The van der Waals surface area contributed by atoms with Gasteiger partial charge in [0.05, 0.1) is 10.7 Å². The van der Waals surface area contributed by atoms with Gasteiger partial charge in [0.15, 0.2) is 0 Å². The summed E-state index contributed by atoms with van der Waals surface area (Å²) in [7, 11) is 0. The molecule has 11 heavy (non-hydrogen) atoms. The smallest absolute Gasteiger partial charge is 0.106 e. The van der Waals surface area contributed by atoms with E-state index in [1.807, 2.05) is 18.2 Å². The van der Waals surface area contributed by atoms with Gasteiger partial charge in [0.2, 0.25) is 0 Å². The molecule has 1 aromatic rings. The third kappa shape index (κ3) is 2.13. The van der Waals surface area contributed by atoms with E-state index >= 15 is 0 Å². The summed E-state index contributed by atoms with van der Waals surface area (Å²) in [6, 6.07) is 7.30. The van der Waals surface area contributed by atoms with E-state index in [2.05, 4.69) is 10.5 Å². The topological polar surface area (TPSA) is 50.4 Å². The summed E-state index contributed by atoms with van der Waals surface area (Å²) in [5.41, 5.74) is 8.45. The molecule has 1 rings (SSSR count). The van der Waals surface area contributed by atoms with Gasteiger partial charge in [-0.3, -0.25) is 5.43 Å². The lowest BCUT2D eigenvalue weighted by molar-refractivity contribution is 1.34. The van der Waals surface area contributed by atoms with Crippen LogP contribution in [0.5, 0.6) is 0 Å². The van der Waals surface area contributed by atoms with Crippen molar-refractivity contribution in [3.63, 3.8) is 0 Å². The van der Waals surface area contributed by atoms with Gasteiger partial charge < -0.3 is 5.73 Å². The van der Waals surface area contributed by atoms with Gasteiger partial charge in [0, 0.05) is 0 Å². The van der Waals surface area contributed by atoms with Crippen LogP contribution < -0.4 is 11.2 Å². The van der Waals surface area contributed by atoms with Gasteiger partial charge in [-0.1, -0.05) is 23.7 Å². The predicted octanol–water partition coefficient (Wildman–Crippen LogP) is 1.65. The molecule has 0 atom stereocenters. The standard InChI is InChI=1S/C7H8ClN3/c8-6-3-1-2-4-7(6)11-10-5-9/h1-5,11H,(H2,9,10). The highest BCUT2D eigenvalue weighted by Gasteiger charge is 1.93. The highest BCUT2D eigenvalue weighted by atomic mass is 35.5. The van der Waals surface area contributed by atoms with E-state index in [0.29, 0.717) is 5.02 Å². The molecule has 3 N–H and O–H groups in total. The van der Waals surface area contributed by atoms with Crippen molar-refractivity contribution in [3.8, 4) is 0 Å². The Morgan fingerprint density at radius 3 is 2.82 bits per heavy atom. The molecular formula is C7H8ClN3. The molecular weight excluding hydrogens is 162 g/mol. The fourth-order valence-corrected chi connectivity index (χ4v) is 0.837. The summed E-state index contributed by atoms with van der Waals surface area (Å²) in [5, 5.41) is 4.24. The molecule has 0 spiro atoms. The Bertz CT molecular complexity index is 260. The van der Waals surface area contributed by atoms with Gasteiger partial charge >= 0.3 is 0 Å². The minimum Gasteiger partial charge on any atom is -0.388 e. The van der Waals surface area contributed by atoms with Crippen LogP contribution in [0.4, 0.5) is 5.69 Å². The van der Waals surface area contributed by atoms with Gasteiger partial charge in [-0.25, -0.2) is 0 Å². The minimum absolute atomic E-state index is 0.623. The quantitative estimate of drug-likeness (QED) is 0.402. The first-order chi connectivity index (χ1) is 5.34. The van der Waals surface area contributed by atoms with Gasteiger partial charge in [-0.05, 0) is 12.1 Å². The van der Waals surface area contributed by atoms with Crippen LogP contribution in [0.3, 0.4) is 0 Å². The van der Waals surface area contributed by atoms with Crippen LogP contribution in [0.1, 0.15) is 0 Å². The molecule has 1 aromatic carbocycles. The zero-order chi connectivity index (χ0) is 8.10. The summed E-state index contributed by atoms with van der Waals surface area (Å²) >= 11 is 5.78. The van der Waals surface area contributed by atoms with Crippen molar-refractivity contribution in [2.24, 2.45) is 10.8 Å². The van der Waals surface area contributed by atoms with Crippen LogP contribution in [0.25, 0.3) is 0 Å². The first kappa shape index (κ1) is 7.88. The lowest BCUT2D eigenvalue weighted by Crippen LogP contribution is -1.95. The van der Waals surface area contributed by atoms with Crippen molar-refractivity contribution in [2.45, 2.75) is 0 Å². The fourth-order valence-electron chi connectivity index (χ4n) is 0.659. The zero-order valence-electron chi connectivity index (χ0n) is 5.79. The molecule has 0 fully saturated rings. The minimum atomic E-state index is 0.623. The molecule has 0 saturated carbocycles. The van der Waals surface area contributed by atoms with Crippen molar-refractivity contribution in [1.29, 1.82) is 0 Å². The van der Waals surface area contributed by atoms with E-state index < -0.39 is 0 Å². The second-order valence-corrected chi connectivity index (χ2v) is 2.28. The Kier molecular flexibility index (Phi) is 2.74. The molecule has 3 nitrogen and oxygen atoms in total. The number of hydrazone groups is 1. The molecule has 0 aromatic heterocycles. The lowest BCUT2D eigenvalue weighted by atomic mass is 10.3. The highest BCUT2D eigenvalue weighted by Crippen LogP contribution is 2.19. The van der Waals surface area contributed by atoms with Crippen LogP contribution in [-0.2, 0) is 0 Å². The molecule has 0 aliphatic heterocycles. The maximum absolute atomic E-state index is 5.78. The Labute approximate surface area is 69.9 Å². The maximum atomic E-state index is 5.78. The molecule has 58 valence electrons. The van der Waals surface area contributed by atoms with E-state index in [4.69, 9.17) is 17.3 Å². The molecule has 0 heterocycles. The van der Waals surface area contributed by atoms with Crippen molar-refractivity contribution in [1.82, 2.24) is 0 Å². The largest absolute Gasteiger partial charge is 0.388 e. The second-order valence-electron chi connectivity index (χ2n) is 1.87. The summed E-state index contributed by atoms with van der Waals surface area (Å²) in [6.07, 6.45) is 1.17. The number of nitrogens with two attached hydrogens (primary N) is 1. The SMILES string of the molecule is NC=NNc1ccccc1Cl. The maximum Gasteiger partial charge on any atom is 0.106 e. The molecule has 0 amide bonds. The number of benzene rings is 1. The van der Waals surface area contributed by atoms with Crippen LogP contribution in [0.15, 0.2) is 29.4 Å². The van der Waals surface area contributed by atoms with E-state index in [0.717, 1.165) is 5.69 Å². The van der Waals surface area contributed by atoms with Crippen molar-refractivity contribution in [3.05, 3.63) is 29.3 Å². The Balaban J connectivity index is 2.77. The first-order valence-electron chi connectivity index (χ1n) is 3.08. The van der Waals surface area contributed by atoms with Gasteiger partial charge in [-0.15, -0.1) is 0 Å². The average molecular weight is 170 g/mol. The number of halogens is 1. The van der Waals surface area contributed by atoms with Crippen LogP contribution in [0.2, 0.25) is 5.02 Å². The number of para-hydroxylation sites is 1. The third-order valence-electron chi connectivity index (χ3n) is 1.13. The Hall–Kier alpha value is -1.22. The molecule has 0 saturated heterocycles. The molecule has 0 aliphatic rings.